The number of rotatable bonds is 9. The van der Waals surface area contributed by atoms with Gasteiger partial charge >= 0.3 is 0 Å². The predicted octanol–water partition coefficient (Wildman–Crippen LogP) is 3.33. The summed E-state index contributed by atoms with van der Waals surface area (Å²) in [5.74, 6) is 1.10. The zero-order chi connectivity index (χ0) is 22.3. The van der Waals surface area contributed by atoms with Crippen molar-refractivity contribution in [2.45, 2.75) is 4.90 Å². The third kappa shape index (κ3) is 5.55. The Morgan fingerprint density at radius 1 is 0.903 bits per heavy atom. The van der Waals surface area contributed by atoms with Gasteiger partial charge in [0, 0.05) is 12.6 Å². The highest BCUT2D eigenvalue weighted by molar-refractivity contribution is 7.92. The molecular weight excluding hydrogens is 416 g/mol. The lowest BCUT2D eigenvalue weighted by Gasteiger charge is -2.19. The first-order valence-corrected chi connectivity index (χ1v) is 11.0. The highest BCUT2D eigenvalue weighted by Gasteiger charge is 2.21. The number of hydrogen-bond donors (Lipinski definition) is 1. The van der Waals surface area contributed by atoms with Crippen molar-refractivity contribution in [3.63, 3.8) is 0 Å². The van der Waals surface area contributed by atoms with E-state index < -0.39 is 10.0 Å². The molecule has 0 heterocycles. The Balaban J connectivity index is 1.54. The first-order valence-electron chi connectivity index (χ1n) is 9.61. The summed E-state index contributed by atoms with van der Waals surface area (Å²) in [5.41, 5.74) is 0.923. The van der Waals surface area contributed by atoms with Crippen molar-refractivity contribution in [2.24, 2.45) is 0 Å². The van der Waals surface area contributed by atoms with Crippen LogP contribution >= 0.6 is 0 Å². The van der Waals surface area contributed by atoms with Crippen LogP contribution in [0.5, 0.6) is 11.5 Å². The van der Waals surface area contributed by atoms with Crippen molar-refractivity contribution in [1.29, 1.82) is 0 Å². The zero-order valence-corrected chi connectivity index (χ0v) is 18.1. The summed E-state index contributed by atoms with van der Waals surface area (Å²) in [6.07, 6.45) is 0. The van der Waals surface area contributed by atoms with Crippen molar-refractivity contribution in [1.82, 2.24) is 5.32 Å². The molecule has 0 aliphatic heterocycles. The molecule has 0 bridgehead atoms. The molecule has 162 valence electrons. The standard InChI is InChI=1S/C23H24N2O5S/c1-25(19-6-4-3-5-7-19)31(27,28)22-14-8-18(9-15-22)23(26)24-16-17-30-21-12-10-20(29-2)11-13-21/h3-15H,16-17H2,1-2H3,(H,24,26). The van der Waals surface area contributed by atoms with Gasteiger partial charge < -0.3 is 14.8 Å². The fraction of sp³-hybridized carbons (Fsp3) is 0.174. The van der Waals surface area contributed by atoms with Gasteiger partial charge in [0.2, 0.25) is 0 Å². The summed E-state index contributed by atoms with van der Waals surface area (Å²) in [5, 5.41) is 2.75. The van der Waals surface area contributed by atoms with Gasteiger partial charge in [0.15, 0.2) is 0 Å². The van der Waals surface area contributed by atoms with Gasteiger partial charge in [-0.05, 0) is 60.7 Å². The molecule has 0 saturated carbocycles. The van der Waals surface area contributed by atoms with Crippen LogP contribution in [0.25, 0.3) is 0 Å². The monoisotopic (exact) mass is 440 g/mol. The fourth-order valence-corrected chi connectivity index (χ4v) is 4.02. The third-order valence-electron chi connectivity index (χ3n) is 4.61. The Morgan fingerprint density at radius 2 is 1.52 bits per heavy atom. The van der Waals surface area contributed by atoms with E-state index in [4.69, 9.17) is 9.47 Å². The second kappa shape index (κ2) is 9.99. The third-order valence-corrected chi connectivity index (χ3v) is 6.41. The first kappa shape index (κ1) is 22.2. The van der Waals surface area contributed by atoms with Crippen LogP contribution in [0.3, 0.4) is 0 Å². The average Bonchev–Trinajstić information content (AvgIpc) is 2.82. The lowest BCUT2D eigenvalue weighted by Crippen LogP contribution is -2.28. The number of benzene rings is 3. The molecule has 1 amide bonds. The number of hydrogen-bond acceptors (Lipinski definition) is 5. The number of sulfonamides is 1. The smallest absolute Gasteiger partial charge is 0.264 e. The van der Waals surface area contributed by atoms with Crippen LogP contribution in [0.1, 0.15) is 10.4 Å². The van der Waals surface area contributed by atoms with E-state index >= 15 is 0 Å². The van der Waals surface area contributed by atoms with Crippen molar-refractivity contribution in [2.75, 3.05) is 31.6 Å². The Morgan fingerprint density at radius 3 is 2.13 bits per heavy atom. The Labute approximate surface area is 182 Å². The van der Waals surface area contributed by atoms with E-state index in [1.165, 1.54) is 35.6 Å². The minimum absolute atomic E-state index is 0.109. The predicted molar refractivity (Wildman–Crippen MR) is 119 cm³/mol. The Kier molecular flexibility index (Phi) is 7.15. The molecule has 3 aromatic rings. The quantitative estimate of drug-likeness (QED) is 0.516. The highest BCUT2D eigenvalue weighted by atomic mass is 32.2. The number of ether oxygens (including phenoxy) is 2. The molecule has 0 aliphatic rings. The number of nitrogens with zero attached hydrogens (tertiary/aromatic N) is 1. The van der Waals surface area contributed by atoms with Crippen molar-refractivity contribution in [3.8, 4) is 11.5 Å². The number of carbonyl (C=O) groups is 1. The largest absolute Gasteiger partial charge is 0.497 e. The van der Waals surface area contributed by atoms with Crippen LogP contribution in [0.2, 0.25) is 0 Å². The van der Waals surface area contributed by atoms with E-state index in [2.05, 4.69) is 5.32 Å². The molecule has 8 heteroatoms. The van der Waals surface area contributed by atoms with E-state index in [9.17, 15) is 13.2 Å². The molecule has 0 atom stereocenters. The minimum Gasteiger partial charge on any atom is -0.497 e. The summed E-state index contributed by atoms with van der Waals surface area (Å²) >= 11 is 0. The van der Waals surface area contributed by atoms with Crippen LogP contribution in [0.4, 0.5) is 5.69 Å². The molecule has 3 aromatic carbocycles. The van der Waals surface area contributed by atoms with Gasteiger partial charge in [-0.1, -0.05) is 18.2 Å². The maximum absolute atomic E-state index is 12.8. The number of amides is 1. The van der Waals surface area contributed by atoms with E-state index in [0.29, 0.717) is 30.2 Å². The average molecular weight is 441 g/mol. The fourth-order valence-electron chi connectivity index (χ4n) is 2.82. The lowest BCUT2D eigenvalue weighted by atomic mass is 10.2. The molecule has 3 rings (SSSR count). The molecule has 0 radical (unpaired) electrons. The molecular formula is C23H24N2O5S. The summed E-state index contributed by atoms with van der Waals surface area (Å²) in [7, 11) is -0.632. The first-order chi connectivity index (χ1) is 14.9. The van der Waals surface area contributed by atoms with E-state index in [1.54, 1.807) is 55.6 Å². The maximum Gasteiger partial charge on any atom is 0.264 e. The lowest BCUT2D eigenvalue weighted by molar-refractivity contribution is 0.0947. The summed E-state index contributed by atoms with van der Waals surface area (Å²) in [4.78, 5) is 12.4. The van der Waals surface area contributed by atoms with E-state index in [0.717, 1.165) is 5.75 Å². The van der Waals surface area contributed by atoms with Gasteiger partial charge in [-0.15, -0.1) is 0 Å². The Bertz CT molecular complexity index is 1100. The SMILES string of the molecule is COc1ccc(OCCNC(=O)c2ccc(S(=O)(=O)N(C)c3ccccc3)cc2)cc1. The van der Waals surface area contributed by atoms with Crippen LogP contribution in [0.15, 0.2) is 83.8 Å². The number of nitrogens with one attached hydrogen (secondary N) is 1. The second-order valence-electron chi connectivity index (χ2n) is 6.61. The van der Waals surface area contributed by atoms with Crippen LogP contribution < -0.4 is 19.1 Å². The van der Waals surface area contributed by atoms with Crippen molar-refractivity contribution >= 4 is 21.6 Å². The van der Waals surface area contributed by atoms with Gasteiger partial charge in [0.25, 0.3) is 15.9 Å². The van der Waals surface area contributed by atoms with Crippen LogP contribution in [-0.2, 0) is 10.0 Å². The van der Waals surface area contributed by atoms with Gasteiger partial charge in [0.05, 0.1) is 24.2 Å². The van der Waals surface area contributed by atoms with Crippen LogP contribution in [-0.4, -0.2) is 41.6 Å². The minimum atomic E-state index is -3.72. The van der Waals surface area contributed by atoms with Gasteiger partial charge in [0.1, 0.15) is 18.1 Å². The normalized spacial score (nSPS) is 10.9. The Hall–Kier alpha value is -3.52. The van der Waals surface area contributed by atoms with Crippen molar-refractivity contribution in [3.05, 3.63) is 84.4 Å². The molecule has 31 heavy (non-hydrogen) atoms. The number of para-hydroxylation sites is 1. The summed E-state index contributed by atoms with van der Waals surface area (Å²) in [6.45, 7) is 0.605. The summed E-state index contributed by atoms with van der Waals surface area (Å²) < 4.78 is 37.5. The molecule has 0 aliphatic carbocycles. The molecule has 0 unspecified atom stereocenters. The van der Waals surface area contributed by atoms with Gasteiger partial charge in [-0.25, -0.2) is 8.42 Å². The summed E-state index contributed by atoms with van der Waals surface area (Å²) in [6, 6.07) is 21.8. The van der Waals surface area contributed by atoms with Gasteiger partial charge in [-0.2, -0.15) is 0 Å². The molecule has 0 fully saturated rings. The maximum atomic E-state index is 12.8. The number of methoxy groups -OCH3 is 1. The van der Waals surface area contributed by atoms with E-state index in [-0.39, 0.29) is 10.8 Å². The number of anilines is 1. The molecule has 0 aromatic heterocycles. The molecule has 0 saturated heterocycles. The van der Waals surface area contributed by atoms with Crippen molar-refractivity contribution < 1.29 is 22.7 Å². The second-order valence-corrected chi connectivity index (χ2v) is 8.58. The van der Waals surface area contributed by atoms with E-state index in [1.807, 2.05) is 6.07 Å². The molecule has 1 N–H and O–H groups in total. The van der Waals surface area contributed by atoms with Gasteiger partial charge in [-0.3, -0.25) is 9.10 Å². The number of carbonyl (C=O) groups excluding carboxylic acids is 1. The highest BCUT2D eigenvalue weighted by Crippen LogP contribution is 2.22. The topological polar surface area (TPSA) is 84.9 Å². The molecule has 7 nitrogen and oxygen atoms in total. The zero-order valence-electron chi connectivity index (χ0n) is 17.3. The van der Waals surface area contributed by atoms with Crippen LogP contribution in [0, 0.1) is 0 Å². The molecule has 0 spiro atoms.